The summed E-state index contributed by atoms with van der Waals surface area (Å²) in [5.41, 5.74) is 0.837. The number of nitrogens with one attached hydrogen (secondary N) is 1. The first-order valence-corrected chi connectivity index (χ1v) is 8.75. The van der Waals surface area contributed by atoms with E-state index in [1.54, 1.807) is 11.3 Å². The Morgan fingerprint density at radius 1 is 1.52 bits per heavy atom. The Morgan fingerprint density at radius 2 is 2.39 bits per heavy atom. The van der Waals surface area contributed by atoms with Crippen LogP contribution in [-0.2, 0) is 22.4 Å². The van der Waals surface area contributed by atoms with E-state index in [2.05, 4.69) is 27.1 Å². The molecule has 1 aliphatic heterocycles. The van der Waals surface area contributed by atoms with E-state index in [4.69, 9.17) is 4.74 Å². The highest BCUT2D eigenvalue weighted by atomic mass is 32.1. The van der Waals surface area contributed by atoms with Gasteiger partial charge in [0.05, 0.1) is 30.3 Å². The Balaban J connectivity index is 1.61. The molecule has 3 heterocycles. The van der Waals surface area contributed by atoms with Crippen molar-refractivity contribution in [2.75, 3.05) is 19.7 Å². The molecule has 1 saturated heterocycles. The van der Waals surface area contributed by atoms with Crippen molar-refractivity contribution in [2.24, 2.45) is 0 Å². The number of H-pyrrole nitrogens is 1. The molecule has 3 rings (SSSR count). The smallest absolute Gasteiger partial charge is 0.228 e. The first-order valence-electron chi connectivity index (χ1n) is 7.87. The number of thiazole rings is 1. The zero-order valence-corrected chi connectivity index (χ0v) is 14.2. The number of hydrogen-bond acceptors (Lipinski definition) is 6. The third-order valence-electron chi connectivity index (χ3n) is 3.74. The molecule has 1 N–H and O–H groups in total. The van der Waals surface area contributed by atoms with Crippen molar-refractivity contribution in [3.8, 4) is 0 Å². The molecule has 0 aliphatic carbocycles. The van der Waals surface area contributed by atoms with E-state index in [9.17, 15) is 4.79 Å². The fraction of sp³-hybridized carbons (Fsp3) is 0.600. The van der Waals surface area contributed by atoms with Crippen LogP contribution in [0.3, 0.4) is 0 Å². The normalized spacial score (nSPS) is 18.3. The zero-order chi connectivity index (χ0) is 16.2. The Bertz CT molecular complexity index is 668. The number of ether oxygens (including phenoxy) is 1. The minimum atomic E-state index is -0.258. The summed E-state index contributed by atoms with van der Waals surface area (Å²) >= 11 is 1.57. The largest absolute Gasteiger partial charge is 0.366 e. The molecule has 124 valence electrons. The van der Waals surface area contributed by atoms with Gasteiger partial charge in [-0.2, -0.15) is 5.10 Å². The van der Waals surface area contributed by atoms with Gasteiger partial charge in [-0.05, 0) is 13.3 Å². The number of aromatic amines is 1. The average Bonchev–Trinajstić information content (AvgIpc) is 3.17. The van der Waals surface area contributed by atoms with Gasteiger partial charge in [-0.3, -0.25) is 9.89 Å². The van der Waals surface area contributed by atoms with Gasteiger partial charge in [0.2, 0.25) is 5.91 Å². The summed E-state index contributed by atoms with van der Waals surface area (Å²) in [4.78, 5) is 23.1. The molecule has 2 aromatic rings. The van der Waals surface area contributed by atoms with Crippen LogP contribution in [-0.4, -0.2) is 50.7 Å². The molecule has 1 amide bonds. The van der Waals surface area contributed by atoms with Crippen LogP contribution in [0.2, 0.25) is 0 Å². The van der Waals surface area contributed by atoms with Crippen molar-refractivity contribution in [2.45, 2.75) is 39.2 Å². The number of aromatic nitrogens is 4. The fourth-order valence-electron chi connectivity index (χ4n) is 2.59. The number of carbonyl (C=O) groups excluding carboxylic acids is 1. The minimum Gasteiger partial charge on any atom is -0.366 e. The summed E-state index contributed by atoms with van der Waals surface area (Å²) in [5.74, 6) is 1.58. The van der Waals surface area contributed by atoms with Crippen molar-refractivity contribution < 1.29 is 9.53 Å². The zero-order valence-electron chi connectivity index (χ0n) is 13.4. The van der Waals surface area contributed by atoms with Crippen LogP contribution < -0.4 is 0 Å². The van der Waals surface area contributed by atoms with E-state index < -0.39 is 0 Å². The molecule has 2 aromatic heterocycles. The molecule has 8 heteroatoms. The average molecular weight is 335 g/mol. The van der Waals surface area contributed by atoms with Crippen molar-refractivity contribution in [1.29, 1.82) is 0 Å². The van der Waals surface area contributed by atoms with E-state index in [0.717, 1.165) is 29.4 Å². The van der Waals surface area contributed by atoms with Crippen LogP contribution >= 0.6 is 11.3 Å². The standard InChI is InChI=1S/C15H21N5O2S/c1-3-4-13-17-15(19-18-13)12-8-20(5-6-22-12)14(21)7-11-9-23-10(2)16-11/h9,12H,3-8H2,1-2H3,(H,17,18,19). The number of hydrogen-bond donors (Lipinski definition) is 1. The highest BCUT2D eigenvalue weighted by Crippen LogP contribution is 2.20. The first kappa shape index (κ1) is 16.1. The number of morpholine rings is 1. The second-order valence-corrected chi connectivity index (χ2v) is 6.69. The predicted octanol–water partition coefficient (Wildman–Crippen LogP) is 1.66. The lowest BCUT2D eigenvalue weighted by molar-refractivity contribution is -0.138. The van der Waals surface area contributed by atoms with E-state index in [-0.39, 0.29) is 12.0 Å². The van der Waals surface area contributed by atoms with Gasteiger partial charge in [-0.1, -0.05) is 6.92 Å². The summed E-state index contributed by atoms with van der Waals surface area (Å²) in [6, 6.07) is 0. The molecule has 1 aliphatic rings. The van der Waals surface area contributed by atoms with Gasteiger partial charge in [0.15, 0.2) is 5.82 Å². The molecule has 0 aromatic carbocycles. The summed E-state index contributed by atoms with van der Waals surface area (Å²) in [6.45, 7) is 5.64. The van der Waals surface area contributed by atoms with Gasteiger partial charge < -0.3 is 9.64 Å². The molecule has 0 radical (unpaired) electrons. The van der Waals surface area contributed by atoms with Crippen molar-refractivity contribution >= 4 is 17.2 Å². The second-order valence-electron chi connectivity index (χ2n) is 5.62. The van der Waals surface area contributed by atoms with Crippen molar-refractivity contribution in [3.05, 3.63) is 27.7 Å². The number of carbonyl (C=O) groups is 1. The summed E-state index contributed by atoms with van der Waals surface area (Å²) < 4.78 is 5.74. The molecule has 23 heavy (non-hydrogen) atoms. The van der Waals surface area contributed by atoms with Crippen LogP contribution in [0.25, 0.3) is 0 Å². The molecular weight excluding hydrogens is 314 g/mol. The first-order chi connectivity index (χ1) is 11.2. The van der Waals surface area contributed by atoms with Crippen LogP contribution in [0, 0.1) is 6.92 Å². The maximum Gasteiger partial charge on any atom is 0.228 e. The molecule has 1 atom stereocenters. The predicted molar refractivity (Wildman–Crippen MR) is 86.2 cm³/mol. The summed E-state index contributed by atoms with van der Waals surface area (Å²) in [7, 11) is 0. The third kappa shape index (κ3) is 3.94. The minimum absolute atomic E-state index is 0.0768. The van der Waals surface area contributed by atoms with Crippen molar-refractivity contribution in [3.63, 3.8) is 0 Å². The van der Waals surface area contributed by atoms with Gasteiger partial charge in [0.25, 0.3) is 0 Å². The summed E-state index contributed by atoms with van der Waals surface area (Å²) in [6.07, 6.45) is 1.96. The number of aryl methyl sites for hydroxylation is 2. The van der Waals surface area contributed by atoms with Crippen LogP contribution in [0.4, 0.5) is 0 Å². The number of nitrogens with zero attached hydrogens (tertiary/aromatic N) is 4. The van der Waals surface area contributed by atoms with Gasteiger partial charge in [-0.25, -0.2) is 9.97 Å². The maximum absolute atomic E-state index is 12.4. The molecule has 0 saturated carbocycles. The van der Waals surface area contributed by atoms with Crippen LogP contribution in [0.5, 0.6) is 0 Å². The lowest BCUT2D eigenvalue weighted by Gasteiger charge is -2.31. The molecular formula is C15H21N5O2S. The molecule has 0 spiro atoms. The lowest BCUT2D eigenvalue weighted by Crippen LogP contribution is -2.43. The van der Waals surface area contributed by atoms with Crippen LogP contribution in [0.15, 0.2) is 5.38 Å². The SMILES string of the molecule is CCCc1nc(C2CN(C(=O)Cc3csc(C)n3)CCO2)n[nH]1. The molecule has 1 unspecified atom stereocenters. The van der Waals surface area contributed by atoms with Crippen LogP contribution in [0.1, 0.15) is 41.8 Å². The second kappa shape index (κ2) is 7.18. The van der Waals surface area contributed by atoms with E-state index in [1.165, 1.54) is 0 Å². The molecule has 1 fully saturated rings. The lowest BCUT2D eigenvalue weighted by atomic mass is 10.2. The fourth-order valence-corrected chi connectivity index (χ4v) is 3.20. The van der Waals surface area contributed by atoms with Gasteiger partial charge in [0, 0.05) is 18.3 Å². The van der Waals surface area contributed by atoms with Gasteiger partial charge in [-0.15, -0.1) is 11.3 Å². The van der Waals surface area contributed by atoms with Gasteiger partial charge >= 0.3 is 0 Å². The Kier molecular flexibility index (Phi) is 5.02. The summed E-state index contributed by atoms with van der Waals surface area (Å²) in [5, 5.41) is 10.1. The van der Waals surface area contributed by atoms with Crippen molar-refractivity contribution in [1.82, 2.24) is 25.1 Å². The van der Waals surface area contributed by atoms with E-state index in [0.29, 0.717) is 31.9 Å². The maximum atomic E-state index is 12.4. The topological polar surface area (TPSA) is 84.0 Å². The quantitative estimate of drug-likeness (QED) is 0.898. The highest BCUT2D eigenvalue weighted by molar-refractivity contribution is 7.09. The highest BCUT2D eigenvalue weighted by Gasteiger charge is 2.28. The monoisotopic (exact) mass is 335 g/mol. The van der Waals surface area contributed by atoms with Gasteiger partial charge in [0.1, 0.15) is 11.9 Å². The third-order valence-corrected chi connectivity index (χ3v) is 4.56. The molecule has 0 bridgehead atoms. The Labute approximate surface area is 139 Å². The Hall–Kier alpha value is -1.80. The molecule has 7 nitrogen and oxygen atoms in total. The van der Waals surface area contributed by atoms with E-state index in [1.807, 2.05) is 17.2 Å². The Morgan fingerprint density at radius 3 is 3.13 bits per heavy atom. The number of rotatable bonds is 5. The number of amides is 1. The van der Waals surface area contributed by atoms with E-state index >= 15 is 0 Å².